The van der Waals surface area contributed by atoms with Crippen molar-refractivity contribution in [2.75, 3.05) is 6.54 Å². The zero-order valence-electron chi connectivity index (χ0n) is 8.08. The highest BCUT2D eigenvalue weighted by Gasteiger charge is 2.28. The van der Waals surface area contributed by atoms with Crippen LogP contribution >= 0.6 is 0 Å². The van der Waals surface area contributed by atoms with Gasteiger partial charge in [-0.3, -0.25) is 0 Å². The lowest BCUT2D eigenvalue weighted by Gasteiger charge is -2.21. The molecule has 1 N–H and O–H groups in total. The van der Waals surface area contributed by atoms with Gasteiger partial charge in [-0.05, 0) is 26.7 Å². The number of likely N-dealkylation sites (tertiary alicyclic amines) is 1. The van der Waals surface area contributed by atoms with Crippen molar-refractivity contribution in [3.05, 3.63) is 0 Å². The summed E-state index contributed by atoms with van der Waals surface area (Å²) in [6.07, 6.45) is 1.74. The van der Waals surface area contributed by atoms with E-state index in [1.807, 2.05) is 13.8 Å². The monoisotopic (exact) mass is 181 g/mol. The molecule has 1 aliphatic rings. The molecule has 0 radical (unpaired) electrons. The first kappa shape index (κ1) is 9.85. The maximum atomic E-state index is 11.5. The molecule has 1 unspecified atom stereocenters. The van der Waals surface area contributed by atoms with Crippen molar-refractivity contribution in [3.8, 4) is 6.07 Å². The average Bonchev–Trinajstić information content (AvgIpc) is 2.49. The van der Waals surface area contributed by atoms with Gasteiger partial charge >= 0.3 is 6.03 Å². The summed E-state index contributed by atoms with van der Waals surface area (Å²) in [6, 6.07) is 1.93. The number of rotatable bonds is 1. The molecule has 1 fully saturated rings. The molecule has 1 aliphatic heterocycles. The molecule has 1 rings (SSSR count). The predicted octanol–water partition coefficient (Wildman–Crippen LogP) is 1.09. The van der Waals surface area contributed by atoms with Crippen LogP contribution in [0, 0.1) is 11.3 Å². The molecule has 0 aromatic carbocycles. The summed E-state index contributed by atoms with van der Waals surface area (Å²) < 4.78 is 0. The molecule has 0 aromatic rings. The van der Waals surface area contributed by atoms with Gasteiger partial charge in [0.2, 0.25) is 0 Å². The second-order valence-electron chi connectivity index (χ2n) is 3.58. The number of nitrogens with zero attached hydrogens (tertiary/aromatic N) is 2. The molecule has 13 heavy (non-hydrogen) atoms. The van der Waals surface area contributed by atoms with Crippen molar-refractivity contribution in [2.24, 2.45) is 0 Å². The Kier molecular flexibility index (Phi) is 3.13. The van der Waals surface area contributed by atoms with Crippen LogP contribution < -0.4 is 5.32 Å². The fourth-order valence-electron chi connectivity index (χ4n) is 1.47. The van der Waals surface area contributed by atoms with Crippen LogP contribution in [0.4, 0.5) is 4.79 Å². The highest BCUT2D eigenvalue weighted by Crippen LogP contribution is 2.16. The number of nitriles is 1. The molecular formula is C9H15N3O. The number of hydrogen-bond donors (Lipinski definition) is 1. The van der Waals surface area contributed by atoms with E-state index < -0.39 is 0 Å². The fraction of sp³-hybridized carbons (Fsp3) is 0.778. The van der Waals surface area contributed by atoms with E-state index in [-0.39, 0.29) is 18.1 Å². The van der Waals surface area contributed by atoms with E-state index in [4.69, 9.17) is 5.26 Å². The standard InChI is InChI=1S/C9H15N3O/c1-7(2)11-9(13)12-5-3-4-8(12)6-10/h7-8H,3-5H2,1-2H3,(H,11,13). The third kappa shape index (κ3) is 2.35. The van der Waals surface area contributed by atoms with Crippen LogP contribution in [0.1, 0.15) is 26.7 Å². The van der Waals surface area contributed by atoms with Gasteiger partial charge < -0.3 is 10.2 Å². The van der Waals surface area contributed by atoms with Crippen molar-refractivity contribution in [1.82, 2.24) is 10.2 Å². The molecule has 0 bridgehead atoms. The normalized spacial score (nSPS) is 21.7. The minimum Gasteiger partial charge on any atom is -0.336 e. The Labute approximate surface area is 78.5 Å². The van der Waals surface area contributed by atoms with Gasteiger partial charge in [0.15, 0.2) is 0 Å². The third-order valence-electron chi connectivity index (χ3n) is 2.07. The number of amides is 2. The van der Waals surface area contributed by atoms with E-state index in [9.17, 15) is 4.79 Å². The molecule has 4 nitrogen and oxygen atoms in total. The molecule has 0 aromatic heterocycles. The lowest BCUT2D eigenvalue weighted by atomic mass is 10.2. The summed E-state index contributed by atoms with van der Waals surface area (Å²) >= 11 is 0. The van der Waals surface area contributed by atoms with Gasteiger partial charge in [-0.1, -0.05) is 0 Å². The molecule has 1 saturated heterocycles. The number of nitrogens with one attached hydrogen (secondary N) is 1. The Morgan fingerprint density at radius 3 is 2.92 bits per heavy atom. The number of urea groups is 1. The zero-order valence-corrected chi connectivity index (χ0v) is 8.08. The number of hydrogen-bond acceptors (Lipinski definition) is 2. The Hall–Kier alpha value is -1.24. The molecule has 0 aliphatic carbocycles. The van der Waals surface area contributed by atoms with Gasteiger partial charge in [0.1, 0.15) is 6.04 Å². The summed E-state index contributed by atoms with van der Waals surface area (Å²) in [6.45, 7) is 4.53. The van der Waals surface area contributed by atoms with Crippen LogP contribution in [0.3, 0.4) is 0 Å². The van der Waals surface area contributed by atoms with Gasteiger partial charge in [0, 0.05) is 12.6 Å². The third-order valence-corrected chi connectivity index (χ3v) is 2.07. The van der Waals surface area contributed by atoms with Gasteiger partial charge in [0.05, 0.1) is 6.07 Å². The summed E-state index contributed by atoms with van der Waals surface area (Å²) in [4.78, 5) is 13.1. The quantitative estimate of drug-likeness (QED) is 0.658. The van der Waals surface area contributed by atoms with Crippen LogP contribution in [0.15, 0.2) is 0 Å². The molecule has 1 heterocycles. The van der Waals surface area contributed by atoms with Crippen molar-refractivity contribution < 1.29 is 4.79 Å². The van der Waals surface area contributed by atoms with Crippen molar-refractivity contribution in [2.45, 2.75) is 38.8 Å². The first-order chi connectivity index (χ1) is 6.15. The molecule has 4 heteroatoms. The fourth-order valence-corrected chi connectivity index (χ4v) is 1.47. The van der Waals surface area contributed by atoms with E-state index in [2.05, 4.69) is 11.4 Å². The van der Waals surface area contributed by atoms with Gasteiger partial charge in [0.25, 0.3) is 0 Å². The highest BCUT2D eigenvalue weighted by molar-refractivity contribution is 5.75. The Morgan fingerprint density at radius 2 is 2.38 bits per heavy atom. The summed E-state index contributed by atoms with van der Waals surface area (Å²) in [5, 5.41) is 11.5. The molecule has 0 spiro atoms. The Morgan fingerprint density at radius 1 is 1.69 bits per heavy atom. The smallest absolute Gasteiger partial charge is 0.318 e. The van der Waals surface area contributed by atoms with Crippen LogP contribution in [0.25, 0.3) is 0 Å². The second kappa shape index (κ2) is 4.13. The van der Waals surface area contributed by atoms with E-state index in [1.165, 1.54) is 0 Å². The van der Waals surface area contributed by atoms with Crippen LogP contribution in [-0.2, 0) is 0 Å². The van der Waals surface area contributed by atoms with E-state index in [0.717, 1.165) is 12.8 Å². The highest BCUT2D eigenvalue weighted by atomic mass is 16.2. The minimum atomic E-state index is -0.223. The first-order valence-electron chi connectivity index (χ1n) is 4.62. The van der Waals surface area contributed by atoms with Crippen molar-refractivity contribution >= 4 is 6.03 Å². The van der Waals surface area contributed by atoms with Gasteiger partial charge in [-0.15, -0.1) is 0 Å². The van der Waals surface area contributed by atoms with Crippen molar-refractivity contribution in [1.29, 1.82) is 5.26 Å². The SMILES string of the molecule is CC(C)NC(=O)N1CCCC1C#N. The molecule has 2 amide bonds. The lowest BCUT2D eigenvalue weighted by molar-refractivity contribution is 0.199. The van der Waals surface area contributed by atoms with Gasteiger partial charge in [-0.2, -0.15) is 5.26 Å². The van der Waals surface area contributed by atoms with E-state index in [0.29, 0.717) is 6.54 Å². The Balaban J connectivity index is 2.51. The number of carbonyl (C=O) groups excluding carboxylic acids is 1. The summed E-state index contributed by atoms with van der Waals surface area (Å²) in [5.41, 5.74) is 0. The molecule has 72 valence electrons. The largest absolute Gasteiger partial charge is 0.336 e. The van der Waals surface area contributed by atoms with E-state index in [1.54, 1.807) is 4.90 Å². The van der Waals surface area contributed by atoms with Crippen LogP contribution in [0.5, 0.6) is 0 Å². The van der Waals surface area contributed by atoms with Crippen LogP contribution in [0.2, 0.25) is 0 Å². The molecular weight excluding hydrogens is 166 g/mol. The van der Waals surface area contributed by atoms with Crippen molar-refractivity contribution in [3.63, 3.8) is 0 Å². The molecule has 0 saturated carbocycles. The van der Waals surface area contributed by atoms with Gasteiger partial charge in [-0.25, -0.2) is 4.79 Å². The zero-order chi connectivity index (χ0) is 9.84. The number of carbonyl (C=O) groups is 1. The molecule has 1 atom stereocenters. The maximum absolute atomic E-state index is 11.5. The summed E-state index contributed by atoms with van der Waals surface area (Å²) in [5.74, 6) is 0. The second-order valence-corrected chi connectivity index (χ2v) is 3.58. The first-order valence-corrected chi connectivity index (χ1v) is 4.62. The predicted molar refractivity (Wildman–Crippen MR) is 49.0 cm³/mol. The Bertz CT molecular complexity index is 232. The van der Waals surface area contributed by atoms with E-state index >= 15 is 0 Å². The van der Waals surface area contributed by atoms with Crippen LogP contribution in [-0.4, -0.2) is 29.6 Å². The average molecular weight is 181 g/mol. The lowest BCUT2D eigenvalue weighted by Crippen LogP contribution is -2.44. The maximum Gasteiger partial charge on any atom is 0.318 e. The minimum absolute atomic E-state index is 0.112. The topological polar surface area (TPSA) is 56.1 Å². The summed E-state index contributed by atoms with van der Waals surface area (Å²) in [7, 11) is 0.